The molecule has 0 fully saturated rings. The maximum Gasteiger partial charge on any atom is 0.340 e. The summed E-state index contributed by atoms with van der Waals surface area (Å²) in [6.45, 7) is 14.2. The molecule has 0 saturated carbocycles. The minimum absolute atomic E-state index is 0.213. The van der Waals surface area contributed by atoms with Gasteiger partial charge < -0.3 is 9.47 Å². The first-order chi connectivity index (χ1) is 43.1. The first-order valence-corrected chi connectivity index (χ1v) is 38.8. The number of hydrogen-bond donors (Lipinski definition) is 0. The predicted octanol–water partition coefficient (Wildman–Crippen LogP) is 24.5. The van der Waals surface area contributed by atoms with Gasteiger partial charge in [-0.05, 0) is 81.8 Å². The number of nitrogens with zero attached hydrogens (tertiary/aromatic N) is 3. The summed E-state index contributed by atoms with van der Waals surface area (Å²) in [4.78, 5) is 67.4. The lowest BCUT2D eigenvalue weighted by atomic mass is 9.93. The van der Waals surface area contributed by atoms with Crippen LogP contribution in [-0.4, -0.2) is 57.2 Å². The Morgan fingerprint density at radius 3 is 1.25 bits per heavy atom. The van der Waals surface area contributed by atoms with Crippen molar-refractivity contribution < 1.29 is 28.7 Å². The second kappa shape index (κ2) is 37.2. The van der Waals surface area contributed by atoms with Crippen LogP contribution >= 0.6 is 57.1 Å². The van der Waals surface area contributed by atoms with E-state index in [1.54, 1.807) is 16.2 Å². The van der Waals surface area contributed by atoms with Crippen molar-refractivity contribution in [3.63, 3.8) is 0 Å². The number of amides is 2. The summed E-state index contributed by atoms with van der Waals surface area (Å²) in [6, 6.07) is 12.3. The molecule has 1 unspecified atom stereocenters. The van der Waals surface area contributed by atoms with E-state index < -0.39 is 0 Å². The number of aromatic nitrogens is 2. The van der Waals surface area contributed by atoms with E-state index in [9.17, 15) is 9.59 Å². The number of hydrogen-bond acceptors (Lipinski definition) is 13. The fraction of sp³-hybridized carbons (Fsp3) is 0.622. The fourth-order valence-electron chi connectivity index (χ4n) is 13.1. The van der Waals surface area contributed by atoms with Crippen LogP contribution < -0.4 is 0 Å². The first kappa shape index (κ1) is 69.5. The van der Waals surface area contributed by atoms with Crippen molar-refractivity contribution in [1.82, 2.24) is 13.6 Å². The average Bonchev–Trinajstić information content (AvgIpc) is 1.58. The van der Waals surface area contributed by atoms with Crippen LogP contribution in [0.3, 0.4) is 0 Å². The third kappa shape index (κ3) is 18.9. The van der Waals surface area contributed by atoms with E-state index in [0.29, 0.717) is 74.3 Å². The molecule has 1 aliphatic rings. The van der Waals surface area contributed by atoms with Crippen LogP contribution in [0.25, 0.3) is 61.8 Å². The number of unbranched alkanes of at least 4 members (excludes halogenated alkanes) is 30. The molecule has 7 aromatic rings. The molecule has 14 heteroatoms. The van der Waals surface area contributed by atoms with Gasteiger partial charge in [-0.25, -0.2) is 9.59 Å². The lowest BCUT2D eigenvalue weighted by Crippen LogP contribution is -2.34. The molecule has 0 aliphatic carbocycles. The zero-order valence-electron chi connectivity index (χ0n) is 54.5. The zero-order valence-corrected chi connectivity index (χ0v) is 58.5. The number of imide groups is 1. The monoisotopic (exact) mass is 1290 g/mol. The number of aryl methyl sites for hydroxylation is 2. The van der Waals surface area contributed by atoms with Gasteiger partial charge in [0, 0.05) is 57.7 Å². The van der Waals surface area contributed by atoms with Gasteiger partial charge in [0.15, 0.2) is 0 Å². The smallest absolute Gasteiger partial charge is 0.340 e. The Morgan fingerprint density at radius 1 is 0.420 bits per heavy atom. The summed E-state index contributed by atoms with van der Waals surface area (Å²) in [5.41, 5.74) is 4.44. The molecule has 0 N–H and O–H groups in total. The van der Waals surface area contributed by atoms with Crippen LogP contribution in [0, 0.1) is 19.8 Å². The molecule has 5 aromatic heterocycles. The van der Waals surface area contributed by atoms with Gasteiger partial charge in [-0.15, -0.1) is 45.3 Å². The van der Waals surface area contributed by atoms with Gasteiger partial charge in [0.1, 0.15) is 11.0 Å². The molecule has 1 aliphatic heterocycles. The summed E-state index contributed by atoms with van der Waals surface area (Å²) >= 11 is 7.28. The quantitative estimate of drug-likeness (QED) is 0.0211. The molecule has 9 nitrogen and oxygen atoms in total. The zero-order chi connectivity index (χ0) is 62.0. The minimum Gasteiger partial charge on any atom is -0.462 e. The molecule has 0 radical (unpaired) electrons. The molecular formula is C74H103N3O6S5. The number of benzene rings is 2. The van der Waals surface area contributed by atoms with Crippen LogP contribution in [0.5, 0.6) is 0 Å². The number of fused-ring (bicyclic) bond motifs is 4. The number of carbonyl (C=O) groups is 4. The molecule has 2 aromatic carbocycles. The van der Waals surface area contributed by atoms with Gasteiger partial charge in [0.25, 0.3) is 11.8 Å². The summed E-state index contributed by atoms with van der Waals surface area (Å²) in [5, 5.41) is 1.41. The molecular weight excluding hydrogens is 1190 g/mol. The highest BCUT2D eigenvalue weighted by Crippen LogP contribution is 2.51. The van der Waals surface area contributed by atoms with Crippen molar-refractivity contribution in [3.8, 4) is 30.6 Å². The molecule has 1 atom stereocenters. The summed E-state index contributed by atoms with van der Waals surface area (Å²) in [7, 11) is 0. The van der Waals surface area contributed by atoms with Crippen molar-refractivity contribution >= 4 is 112 Å². The molecule has 8 rings (SSSR count). The van der Waals surface area contributed by atoms with Gasteiger partial charge in [-0.2, -0.15) is 8.75 Å². The largest absolute Gasteiger partial charge is 0.462 e. The van der Waals surface area contributed by atoms with Crippen molar-refractivity contribution in [1.29, 1.82) is 0 Å². The van der Waals surface area contributed by atoms with Crippen LogP contribution in [-0.2, 0) is 9.47 Å². The second-order valence-electron chi connectivity index (χ2n) is 25.3. The lowest BCUT2D eigenvalue weighted by Gasteiger charge is -2.23. The summed E-state index contributed by atoms with van der Waals surface area (Å²) < 4.78 is 23.7. The van der Waals surface area contributed by atoms with Gasteiger partial charge in [-0.1, -0.05) is 233 Å². The van der Waals surface area contributed by atoms with Gasteiger partial charge in [0.2, 0.25) is 0 Å². The third-order valence-electron chi connectivity index (χ3n) is 18.0. The number of thiophene rings is 4. The standard InChI is InChI=1S/C74H103N3O6S5/c1-7-11-15-19-23-26-28-31-35-39-47-82-73(80)61-55-49-53(6)85-69(55)62(74(81)83-48-40-36-32-29-27-24-20-16-12-8-2)56-50-60(87-70(56)61)57-45-46-59(86-57)64-66-65(63(58-44-43-52(5)84-58)67-68(64)76-88-75-67)71(78)77(72(66)79)51-54(41-37-33-22-18-14-10-4)42-38-34-30-25-21-17-13-9-3/h43-46,49-50,54H,7-42,47-48,51H2,1-6H3. The van der Waals surface area contributed by atoms with E-state index in [1.807, 2.05) is 19.1 Å². The molecule has 0 bridgehead atoms. The fourth-order valence-corrected chi connectivity index (χ4v) is 17.9. The molecule has 6 heterocycles. The molecule has 2 amide bonds. The van der Waals surface area contributed by atoms with Crippen LogP contribution in [0.15, 0.2) is 36.4 Å². The first-order valence-electron chi connectivity index (χ1n) is 34.8. The van der Waals surface area contributed by atoms with Crippen molar-refractivity contribution in [2.45, 2.75) is 273 Å². The summed E-state index contributed by atoms with van der Waals surface area (Å²) in [5.74, 6) is -1.02. The van der Waals surface area contributed by atoms with E-state index in [4.69, 9.17) is 18.2 Å². The van der Waals surface area contributed by atoms with Crippen LogP contribution in [0.1, 0.15) is 310 Å². The number of rotatable bonds is 45. The van der Waals surface area contributed by atoms with Crippen molar-refractivity contribution in [2.75, 3.05) is 19.8 Å². The van der Waals surface area contributed by atoms with E-state index in [1.165, 1.54) is 201 Å². The maximum atomic E-state index is 15.5. The average molecular weight is 1290 g/mol. The number of ether oxygens (including phenoxy) is 2. The summed E-state index contributed by atoms with van der Waals surface area (Å²) in [6.07, 6.45) is 42.9. The molecule has 0 spiro atoms. The third-order valence-corrected chi connectivity index (χ3v) is 23.1. The van der Waals surface area contributed by atoms with E-state index >= 15 is 9.59 Å². The Bertz CT molecular complexity index is 3210. The molecule has 0 saturated heterocycles. The minimum atomic E-state index is -0.371. The topological polar surface area (TPSA) is 116 Å². The van der Waals surface area contributed by atoms with Gasteiger partial charge in [0.05, 0.1) is 56.6 Å². The van der Waals surface area contributed by atoms with Gasteiger partial charge >= 0.3 is 11.9 Å². The Hall–Kier alpha value is -4.34. The Morgan fingerprint density at radius 2 is 0.807 bits per heavy atom. The second-order valence-corrected chi connectivity index (χ2v) is 30.5. The Kier molecular flexibility index (Phi) is 29.4. The Labute approximate surface area is 547 Å². The molecule has 480 valence electrons. The maximum absolute atomic E-state index is 15.5. The van der Waals surface area contributed by atoms with Crippen LogP contribution in [0.2, 0.25) is 0 Å². The highest BCUT2D eigenvalue weighted by Gasteiger charge is 2.44. The highest BCUT2D eigenvalue weighted by atomic mass is 32.1. The SMILES string of the molecule is CCCCCCCCCCCCOC(=O)c1c2cc(-c3ccc(-c4c5c(c(-c6ccc(C)s6)c6nsnc46)C(=O)N(CC(CCCCCCCC)CCCCCCCCCC)C5=O)s3)sc2c(C(=O)OCCCCCCCCCCCC)c2cc(C)sc12. The molecule has 88 heavy (non-hydrogen) atoms. The lowest BCUT2D eigenvalue weighted by molar-refractivity contribution is 0.0490. The number of carbonyl (C=O) groups excluding carboxylic acids is 4. The highest BCUT2D eigenvalue weighted by molar-refractivity contribution is 7.27. The van der Waals surface area contributed by atoms with E-state index in [0.717, 1.165) is 115 Å². The number of esters is 2. The Balaban J connectivity index is 1.10. The van der Waals surface area contributed by atoms with E-state index in [-0.39, 0.29) is 29.7 Å². The van der Waals surface area contributed by atoms with Crippen LogP contribution in [0.4, 0.5) is 0 Å². The predicted molar refractivity (Wildman–Crippen MR) is 378 cm³/mol. The van der Waals surface area contributed by atoms with Gasteiger partial charge in [-0.3, -0.25) is 14.5 Å². The van der Waals surface area contributed by atoms with E-state index in [2.05, 4.69) is 58.9 Å². The normalized spacial score (nSPS) is 12.9. The van der Waals surface area contributed by atoms with Crippen molar-refractivity contribution in [3.05, 3.63) is 68.4 Å². The van der Waals surface area contributed by atoms with Crippen molar-refractivity contribution in [2.24, 2.45) is 5.92 Å².